The third-order valence-electron chi connectivity index (χ3n) is 3.81. The molecular formula is C22H26O7. The van der Waals surface area contributed by atoms with Crippen molar-refractivity contribution in [3.63, 3.8) is 0 Å². The van der Waals surface area contributed by atoms with Crippen LogP contribution in [0.25, 0.3) is 0 Å². The summed E-state index contributed by atoms with van der Waals surface area (Å²) in [6, 6.07) is 14.1. The first-order chi connectivity index (χ1) is 14.3. The lowest BCUT2D eigenvalue weighted by Gasteiger charge is -2.10. The van der Waals surface area contributed by atoms with E-state index in [1.165, 1.54) is 0 Å². The number of carbonyl (C=O) groups excluding carboxylic acids is 2. The quantitative estimate of drug-likeness (QED) is 0.315. The Hall–Kier alpha value is -2.74. The lowest BCUT2D eigenvalue weighted by atomic mass is 10.2. The molecule has 0 heterocycles. The Balaban J connectivity index is 1.39. The molecule has 2 aromatic rings. The van der Waals surface area contributed by atoms with Gasteiger partial charge in [0.2, 0.25) is 0 Å². The van der Waals surface area contributed by atoms with E-state index in [4.69, 9.17) is 23.7 Å². The predicted octanol–water partition coefficient (Wildman–Crippen LogP) is 2.82. The first kappa shape index (κ1) is 22.5. The van der Waals surface area contributed by atoms with E-state index in [0.717, 1.165) is 12.6 Å². The molecule has 0 bridgehead atoms. The molecule has 0 saturated carbocycles. The zero-order valence-electron chi connectivity index (χ0n) is 16.3. The Kier molecular flexibility index (Phi) is 11.1. The van der Waals surface area contributed by atoms with Crippen LogP contribution in [0.5, 0.6) is 11.5 Å². The summed E-state index contributed by atoms with van der Waals surface area (Å²) in [5.74, 6) is 1.11. The number of para-hydroxylation sites is 2. The third kappa shape index (κ3) is 8.87. The van der Waals surface area contributed by atoms with Crippen LogP contribution in [-0.2, 0) is 14.2 Å². The largest absolute Gasteiger partial charge is 0.490 e. The first-order valence-electron chi connectivity index (χ1n) is 9.42. The molecule has 2 rings (SSSR count). The van der Waals surface area contributed by atoms with Gasteiger partial charge in [0.05, 0.1) is 50.8 Å². The summed E-state index contributed by atoms with van der Waals surface area (Å²) >= 11 is 0. The molecule has 0 radical (unpaired) electrons. The fourth-order valence-electron chi connectivity index (χ4n) is 2.38. The molecule has 0 aromatic heterocycles. The van der Waals surface area contributed by atoms with Gasteiger partial charge in [-0.2, -0.15) is 0 Å². The highest BCUT2D eigenvalue weighted by Crippen LogP contribution is 2.16. The Labute approximate surface area is 170 Å². The summed E-state index contributed by atoms with van der Waals surface area (Å²) in [6.07, 6.45) is 1.53. The smallest absolute Gasteiger partial charge is 0.153 e. The van der Waals surface area contributed by atoms with Crippen molar-refractivity contribution < 1.29 is 33.3 Å². The van der Waals surface area contributed by atoms with Crippen LogP contribution >= 0.6 is 0 Å². The first-order valence-corrected chi connectivity index (χ1v) is 9.42. The minimum absolute atomic E-state index is 0.362. The number of carbonyl (C=O) groups is 2. The maximum absolute atomic E-state index is 10.9. The van der Waals surface area contributed by atoms with Crippen molar-refractivity contribution in [1.29, 1.82) is 0 Å². The van der Waals surface area contributed by atoms with E-state index in [0.29, 0.717) is 75.5 Å². The molecule has 0 spiro atoms. The van der Waals surface area contributed by atoms with Crippen LogP contribution in [-0.4, -0.2) is 65.4 Å². The van der Waals surface area contributed by atoms with Gasteiger partial charge in [-0.3, -0.25) is 9.59 Å². The fraction of sp³-hybridized carbons (Fsp3) is 0.364. The van der Waals surface area contributed by atoms with Crippen molar-refractivity contribution in [2.75, 3.05) is 52.9 Å². The van der Waals surface area contributed by atoms with Crippen LogP contribution < -0.4 is 9.47 Å². The predicted molar refractivity (Wildman–Crippen MR) is 107 cm³/mol. The SMILES string of the molecule is O=Cc1ccccc1OCCOCCOCCOCCOc1ccccc1C=O. The molecule has 0 atom stereocenters. The maximum Gasteiger partial charge on any atom is 0.153 e. The summed E-state index contributed by atoms with van der Waals surface area (Å²) in [5, 5.41) is 0. The zero-order chi connectivity index (χ0) is 20.6. The maximum atomic E-state index is 10.9. The van der Waals surface area contributed by atoms with Crippen LogP contribution in [0.3, 0.4) is 0 Å². The summed E-state index contributed by atoms with van der Waals surface area (Å²) in [6.45, 7) is 3.35. The van der Waals surface area contributed by atoms with E-state index in [1.807, 2.05) is 12.1 Å². The second-order valence-electron chi connectivity index (χ2n) is 5.85. The lowest BCUT2D eigenvalue weighted by Crippen LogP contribution is -2.14. The van der Waals surface area contributed by atoms with E-state index < -0.39 is 0 Å². The summed E-state index contributed by atoms with van der Waals surface area (Å²) in [7, 11) is 0. The molecule has 0 aliphatic rings. The van der Waals surface area contributed by atoms with Gasteiger partial charge in [-0.05, 0) is 24.3 Å². The van der Waals surface area contributed by atoms with Gasteiger partial charge in [0, 0.05) is 0 Å². The van der Waals surface area contributed by atoms with Crippen molar-refractivity contribution in [3.8, 4) is 11.5 Å². The molecule has 0 amide bonds. The monoisotopic (exact) mass is 402 g/mol. The highest BCUT2D eigenvalue weighted by Gasteiger charge is 2.02. The Morgan fingerprint density at radius 1 is 0.517 bits per heavy atom. The number of aldehydes is 2. The Morgan fingerprint density at radius 3 is 1.24 bits per heavy atom. The van der Waals surface area contributed by atoms with Gasteiger partial charge in [0.15, 0.2) is 12.6 Å². The molecule has 0 aliphatic heterocycles. The molecule has 0 unspecified atom stereocenters. The second-order valence-corrected chi connectivity index (χ2v) is 5.85. The van der Waals surface area contributed by atoms with Gasteiger partial charge in [-0.1, -0.05) is 24.3 Å². The molecule has 29 heavy (non-hydrogen) atoms. The average Bonchev–Trinajstić information content (AvgIpc) is 2.77. The van der Waals surface area contributed by atoms with Crippen LogP contribution in [0, 0.1) is 0 Å². The van der Waals surface area contributed by atoms with Crippen molar-refractivity contribution in [2.45, 2.75) is 0 Å². The second kappa shape index (κ2) is 14.3. The normalized spacial score (nSPS) is 10.5. The topological polar surface area (TPSA) is 80.3 Å². The molecule has 156 valence electrons. The van der Waals surface area contributed by atoms with E-state index >= 15 is 0 Å². The number of ether oxygens (including phenoxy) is 5. The summed E-state index contributed by atoms with van der Waals surface area (Å²) in [5.41, 5.74) is 1.04. The molecule has 7 heteroatoms. The highest BCUT2D eigenvalue weighted by atomic mass is 16.6. The van der Waals surface area contributed by atoms with Gasteiger partial charge in [-0.15, -0.1) is 0 Å². The van der Waals surface area contributed by atoms with E-state index in [-0.39, 0.29) is 0 Å². The molecule has 2 aromatic carbocycles. The van der Waals surface area contributed by atoms with Gasteiger partial charge in [0.1, 0.15) is 24.7 Å². The molecule has 0 aliphatic carbocycles. The van der Waals surface area contributed by atoms with E-state index in [1.54, 1.807) is 36.4 Å². The van der Waals surface area contributed by atoms with Gasteiger partial charge < -0.3 is 23.7 Å². The Bertz CT molecular complexity index is 671. The zero-order valence-corrected chi connectivity index (χ0v) is 16.3. The van der Waals surface area contributed by atoms with Crippen molar-refractivity contribution in [3.05, 3.63) is 59.7 Å². The van der Waals surface area contributed by atoms with E-state index in [9.17, 15) is 9.59 Å². The number of rotatable bonds is 16. The van der Waals surface area contributed by atoms with Crippen molar-refractivity contribution in [1.82, 2.24) is 0 Å². The molecule has 0 N–H and O–H groups in total. The molecular weight excluding hydrogens is 376 g/mol. The van der Waals surface area contributed by atoms with Gasteiger partial charge >= 0.3 is 0 Å². The Morgan fingerprint density at radius 2 is 0.862 bits per heavy atom. The number of hydrogen-bond acceptors (Lipinski definition) is 7. The van der Waals surface area contributed by atoms with Crippen LogP contribution in [0.1, 0.15) is 20.7 Å². The van der Waals surface area contributed by atoms with Gasteiger partial charge in [0.25, 0.3) is 0 Å². The van der Waals surface area contributed by atoms with Crippen LogP contribution in [0.4, 0.5) is 0 Å². The van der Waals surface area contributed by atoms with Crippen molar-refractivity contribution in [2.24, 2.45) is 0 Å². The standard InChI is InChI=1S/C22H26O7/c23-17-19-5-1-3-7-21(19)28-15-13-26-11-9-25-10-12-27-14-16-29-22-8-4-2-6-20(22)18-24/h1-8,17-18H,9-16H2. The number of benzene rings is 2. The molecule has 0 saturated heterocycles. The summed E-state index contributed by atoms with van der Waals surface area (Å²) in [4.78, 5) is 21.8. The highest BCUT2D eigenvalue weighted by molar-refractivity contribution is 5.79. The molecule has 0 fully saturated rings. The third-order valence-corrected chi connectivity index (χ3v) is 3.81. The van der Waals surface area contributed by atoms with Crippen LogP contribution in [0.15, 0.2) is 48.5 Å². The fourth-order valence-corrected chi connectivity index (χ4v) is 2.38. The van der Waals surface area contributed by atoms with Crippen LogP contribution in [0.2, 0.25) is 0 Å². The van der Waals surface area contributed by atoms with Gasteiger partial charge in [-0.25, -0.2) is 0 Å². The summed E-state index contributed by atoms with van der Waals surface area (Å²) < 4.78 is 27.3. The average molecular weight is 402 g/mol. The molecule has 7 nitrogen and oxygen atoms in total. The minimum Gasteiger partial charge on any atom is -0.490 e. The lowest BCUT2D eigenvalue weighted by molar-refractivity contribution is 0.00494. The number of hydrogen-bond donors (Lipinski definition) is 0. The van der Waals surface area contributed by atoms with Crippen molar-refractivity contribution >= 4 is 12.6 Å². The van der Waals surface area contributed by atoms with E-state index in [2.05, 4.69) is 0 Å². The minimum atomic E-state index is 0.362.